The minimum absolute atomic E-state index is 0.223. The number of anilines is 3. The Balaban J connectivity index is 1.95. The highest BCUT2D eigenvalue weighted by atomic mass is 35.5. The van der Waals surface area contributed by atoms with Crippen molar-refractivity contribution in [2.24, 2.45) is 0 Å². The molecular formula is C14H17Cl2N5OS. The predicted molar refractivity (Wildman–Crippen MR) is 98.2 cm³/mol. The number of benzene rings is 1. The molecule has 1 aromatic carbocycles. The monoisotopic (exact) mass is 373 g/mol. The third kappa shape index (κ3) is 3.28. The molecule has 124 valence electrons. The van der Waals surface area contributed by atoms with Crippen LogP contribution in [-0.4, -0.2) is 42.8 Å². The first-order chi connectivity index (χ1) is 11.0. The lowest BCUT2D eigenvalue weighted by atomic mass is 10.3. The minimum atomic E-state index is -0.223. The lowest BCUT2D eigenvalue weighted by Crippen LogP contribution is -2.44. The number of hydrogen-bond donors (Lipinski definition) is 2. The Morgan fingerprint density at radius 3 is 2.61 bits per heavy atom. The molecule has 23 heavy (non-hydrogen) atoms. The standard InChI is InChI=1S/C14H17Cl2N5OS/c1-19-5-7-20(8-6-19)13-12(21(17)14(22)23-13)18-10-4-2-3-9(15)11(10)16/h2-4,18H,5-8,17H2,1H3. The molecule has 1 aliphatic rings. The maximum absolute atomic E-state index is 12.0. The molecule has 0 unspecified atom stereocenters. The summed E-state index contributed by atoms with van der Waals surface area (Å²) in [5.41, 5.74) is 0.617. The smallest absolute Gasteiger partial charge is 0.329 e. The largest absolute Gasteiger partial charge is 0.358 e. The molecule has 1 saturated heterocycles. The lowest BCUT2D eigenvalue weighted by Gasteiger charge is -2.33. The summed E-state index contributed by atoms with van der Waals surface area (Å²) in [4.78, 5) is 16.2. The molecule has 0 saturated carbocycles. The third-order valence-electron chi connectivity index (χ3n) is 3.82. The van der Waals surface area contributed by atoms with E-state index in [1.165, 1.54) is 0 Å². The highest BCUT2D eigenvalue weighted by Gasteiger charge is 2.23. The second-order valence-corrected chi connectivity index (χ2v) is 7.13. The van der Waals surface area contributed by atoms with Gasteiger partial charge in [-0.3, -0.25) is 4.79 Å². The van der Waals surface area contributed by atoms with Crippen molar-refractivity contribution in [2.45, 2.75) is 0 Å². The fourth-order valence-electron chi connectivity index (χ4n) is 2.44. The maximum Gasteiger partial charge on any atom is 0.329 e. The van der Waals surface area contributed by atoms with Gasteiger partial charge in [-0.05, 0) is 19.2 Å². The highest BCUT2D eigenvalue weighted by molar-refractivity contribution is 7.14. The van der Waals surface area contributed by atoms with Crippen molar-refractivity contribution in [1.29, 1.82) is 0 Å². The van der Waals surface area contributed by atoms with Gasteiger partial charge in [0.05, 0.1) is 15.7 Å². The summed E-state index contributed by atoms with van der Waals surface area (Å²) in [5.74, 6) is 6.45. The van der Waals surface area contributed by atoms with Gasteiger partial charge < -0.3 is 21.0 Å². The second-order valence-electron chi connectivity index (χ2n) is 5.41. The number of nitrogens with two attached hydrogens (primary N) is 1. The van der Waals surface area contributed by atoms with Gasteiger partial charge in [-0.1, -0.05) is 40.6 Å². The molecule has 1 aliphatic heterocycles. The van der Waals surface area contributed by atoms with Gasteiger partial charge in [-0.2, -0.15) is 4.68 Å². The lowest BCUT2D eigenvalue weighted by molar-refractivity contribution is 0.313. The SMILES string of the molecule is CN1CCN(c2sc(=O)n(N)c2Nc2cccc(Cl)c2Cl)CC1. The van der Waals surface area contributed by atoms with Crippen LogP contribution in [0.4, 0.5) is 16.5 Å². The topological polar surface area (TPSA) is 66.5 Å². The molecule has 0 aliphatic carbocycles. The minimum Gasteiger partial charge on any atom is -0.358 e. The number of halogens is 2. The summed E-state index contributed by atoms with van der Waals surface area (Å²) in [6, 6.07) is 5.29. The van der Waals surface area contributed by atoms with Gasteiger partial charge in [0, 0.05) is 26.2 Å². The Labute approximate surface area is 148 Å². The molecule has 0 bridgehead atoms. The van der Waals surface area contributed by atoms with E-state index < -0.39 is 0 Å². The van der Waals surface area contributed by atoms with Gasteiger partial charge in [-0.25, -0.2) is 0 Å². The van der Waals surface area contributed by atoms with Crippen molar-refractivity contribution in [3.63, 3.8) is 0 Å². The summed E-state index contributed by atoms with van der Waals surface area (Å²) >= 11 is 13.4. The van der Waals surface area contributed by atoms with Crippen molar-refractivity contribution in [3.8, 4) is 0 Å². The summed E-state index contributed by atoms with van der Waals surface area (Å²) in [7, 11) is 2.08. The van der Waals surface area contributed by atoms with Crippen LogP contribution in [0, 0.1) is 0 Å². The first-order valence-electron chi connectivity index (χ1n) is 7.13. The van der Waals surface area contributed by atoms with E-state index in [0.717, 1.165) is 47.2 Å². The van der Waals surface area contributed by atoms with Crippen LogP contribution in [0.1, 0.15) is 0 Å². The Kier molecular flexibility index (Phi) is 4.72. The Morgan fingerprint density at radius 2 is 1.91 bits per heavy atom. The molecule has 3 N–H and O–H groups in total. The number of hydrogen-bond acceptors (Lipinski definition) is 6. The fraction of sp³-hybridized carbons (Fsp3) is 0.357. The third-order valence-corrected chi connectivity index (χ3v) is 5.65. The quantitative estimate of drug-likeness (QED) is 0.808. The number of nitrogens with one attached hydrogen (secondary N) is 1. The van der Waals surface area contributed by atoms with Crippen molar-refractivity contribution in [1.82, 2.24) is 9.58 Å². The molecule has 1 aromatic heterocycles. The number of aromatic nitrogens is 1. The van der Waals surface area contributed by atoms with E-state index in [2.05, 4.69) is 22.2 Å². The van der Waals surface area contributed by atoms with Gasteiger partial charge in [-0.15, -0.1) is 0 Å². The van der Waals surface area contributed by atoms with Crippen LogP contribution < -0.4 is 20.9 Å². The van der Waals surface area contributed by atoms with Crippen LogP contribution in [0.3, 0.4) is 0 Å². The number of likely N-dealkylation sites (N-methyl/N-ethyl adjacent to an activating group) is 1. The van der Waals surface area contributed by atoms with E-state index in [1.54, 1.807) is 18.2 Å². The number of piperazine rings is 1. The maximum atomic E-state index is 12.0. The fourth-order valence-corrected chi connectivity index (χ4v) is 3.70. The summed E-state index contributed by atoms with van der Waals surface area (Å²) < 4.78 is 1.12. The first-order valence-corrected chi connectivity index (χ1v) is 8.70. The van der Waals surface area contributed by atoms with Crippen molar-refractivity contribution >= 4 is 51.0 Å². The van der Waals surface area contributed by atoms with Crippen LogP contribution >= 0.6 is 34.5 Å². The zero-order chi connectivity index (χ0) is 16.6. The van der Waals surface area contributed by atoms with Crippen molar-refractivity contribution in [2.75, 3.05) is 49.3 Å². The van der Waals surface area contributed by atoms with Gasteiger partial charge >= 0.3 is 4.87 Å². The summed E-state index contributed by atoms with van der Waals surface area (Å²) in [6.07, 6.45) is 0. The molecule has 2 heterocycles. The zero-order valence-corrected chi connectivity index (χ0v) is 14.9. The van der Waals surface area contributed by atoms with Crippen molar-refractivity contribution < 1.29 is 0 Å². The molecule has 2 aromatic rings. The molecule has 0 radical (unpaired) electrons. The summed E-state index contributed by atoms with van der Waals surface area (Å²) in [5, 5.41) is 4.82. The molecule has 1 fully saturated rings. The Hall–Kier alpha value is -1.41. The van der Waals surface area contributed by atoms with Crippen LogP contribution in [0.15, 0.2) is 23.0 Å². The van der Waals surface area contributed by atoms with Gasteiger partial charge in [0.1, 0.15) is 5.00 Å². The van der Waals surface area contributed by atoms with Crippen LogP contribution in [0.2, 0.25) is 10.0 Å². The van der Waals surface area contributed by atoms with Crippen LogP contribution in [0.25, 0.3) is 0 Å². The summed E-state index contributed by atoms with van der Waals surface area (Å²) in [6.45, 7) is 3.56. The number of nitrogen functional groups attached to an aromatic ring is 1. The number of thiazole rings is 1. The average molecular weight is 374 g/mol. The van der Waals surface area contributed by atoms with Gasteiger partial charge in [0.25, 0.3) is 0 Å². The van der Waals surface area contributed by atoms with E-state index in [9.17, 15) is 4.79 Å². The average Bonchev–Trinajstić information content (AvgIpc) is 2.81. The van der Waals surface area contributed by atoms with Crippen LogP contribution in [-0.2, 0) is 0 Å². The van der Waals surface area contributed by atoms with E-state index >= 15 is 0 Å². The highest BCUT2D eigenvalue weighted by Crippen LogP contribution is 2.36. The van der Waals surface area contributed by atoms with Crippen LogP contribution in [0.5, 0.6) is 0 Å². The van der Waals surface area contributed by atoms with Crippen molar-refractivity contribution in [3.05, 3.63) is 37.9 Å². The van der Waals surface area contributed by atoms with E-state index in [-0.39, 0.29) is 4.87 Å². The second kappa shape index (κ2) is 6.60. The van der Waals surface area contributed by atoms with Gasteiger partial charge in [0.15, 0.2) is 5.82 Å². The van der Waals surface area contributed by atoms with E-state index in [4.69, 9.17) is 29.0 Å². The molecule has 9 heteroatoms. The Morgan fingerprint density at radius 1 is 1.22 bits per heavy atom. The molecule has 0 atom stereocenters. The van der Waals surface area contributed by atoms with E-state index in [1.807, 2.05) is 0 Å². The molecule has 6 nitrogen and oxygen atoms in total. The normalized spacial score (nSPS) is 15.9. The number of rotatable bonds is 3. The molecule has 0 amide bonds. The molecular weight excluding hydrogens is 357 g/mol. The molecule has 3 rings (SSSR count). The van der Waals surface area contributed by atoms with E-state index in [0.29, 0.717) is 21.6 Å². The zero-order valence-electron chi connectivity index (χ0n) is 12.6. The number of nitrogens with zero attached hydrogens (tertiary/aromatic N) is 3. The Bertz CT molecular complexity index is 767. The predicted octanol–water partition coefficient (Wildman–Crippen LogP) is 2.43. The van der Waals surface area contributed by atoms with Gasteiger partial charge in [0.2, 0.25) is 0 Å². The molecule has 0 spiro atoms. The first kappa shape index (κ1) is 16.4.